The van der Waals surface area contributed by atoms with Gasteiger partial charge in [0.15, 0.2) is 0 Å². The zero-order valence-electron chi connectivity index (χ0n) is 20.5. The molecular formula is C20H48N10. The number of nitrogens with one attached hydrogen (secondary N) is 2. The van der Waals surface area contributed by atoms with Crippen molar-refractivity contribution in [2.24, 2.45) is 42.9 Å². The molecule has 0 unspecified atom stereocenters. The topological polar surface area (TPSA) is 189 Å². The van der Waals surface area contributed by atoms with Crippen molar-refractivity contribution in [3.63, 3.8) is 0 Å². The average molecular weight is 429 g/mol. The minimum Gasteiger partial charge on any atom is -0.388 e. The maximum atomic E-state index is 6.28. The van der Waals surface area contributed by atoms with E-state index >= 15 is 0 Å². The lowest BCUT2D eigenvalue weighted by atomic mass is 10.3. The van der Waals surface area contributed by atoms with Crippen molar-refractivity contribution in [2.45, 2.75) is 67.7 Å². The molecular weight excluding hydrogens is 380 g/mol. The van der Waals surface area contributed by atoms with Crippen LogP contribution in [0, 0.1) is 5.41 Å². The highest BCUT2D eigenvalue weighted by Gasteiger charge is 1.94. The molecule has 0 aromatic carbocycles. The summed E-state index contributed by atoms with van der Waals surface area (Å²) in [5, 5.41) is 9.41. The van der Waals surface area contributed by atoms with Gasteiger partial charge in [-0.15, -0.1) is 0 Å². The van der Waals surface area contributed by atoms with Gasteiger partial charge in [-0.1, -0.05) is 13.3 Å². The predicted octanol–water partition coefficient (Wildman–Crippen LogP) is 1.88. The number of amidine groups is 5. The molecule has 30 heavy (non-hydrogen) atoms. The summed E-state index contributed by atoms with van der Waals surface area (Å²) in [4.78, 5) is 15.5. The van der Waals surface area contributed by atoms with Gasteiger partial charge in [-0.25, -0.2) is 0 Å². The first-order valence-corrected chi connectivity index (χ1v) is 10.2. The Morgan fingerprint density at radius 3 is 1.63 bits per heavy atom. The quantitative estimate of drug-likeness (QED) is 0.226. The summed E-state index contributed by atoms with van der Waals surface area (Å²) in [7, 11) is 1.66. The number of nitrogens with two attached hydrogens (primary N) is 4. The van der Waals surface area contributed by atoms with Crippen molar-refractivity contribution < 1.29 is 0 Å². The van der Waals surface area contributed by atoms with E-state index in [1.807, 2.05) is 20.8 Å². The summed E-state index contributed by atoms with van der Waals surface area (Å²) in [6.45, 7) is 16.8. The normalized spacial score (nSPS) is 13.2. The van der Waals surface area contributed by atoms with E-state index in [0.717, 1.165) is 38.4 Å². The highest BCUT2D eigenvalue weighted by Crippen LogP contribution is 1.86. The van der Waals surface area contributed by atoms with Crippen molar-refractivity contribution >= 4 is 29.2 Å². The molecule has 0 fully saturated rings. The van der Waals surface area contributed by atoms with Gasteiger partial charge >= 0.3 is 0 Å². The van der Waals surface area contributed by atoms with Gasteiger partial charge in [-0.2, -0.15) is 0 Å². The van der Waals surface area contributed by atoms with E-state index in [2.05, 4.69) is 32.2 Å². The van der Waals surface area contributed by atoms with E-state index in [1.165, 1.54) is 19.8 Å². The molecule has 178 valence electrons. The van der Waals surface area contributed by atoms with Gasteiger partial charge in [0.1, 0.15) is 0 Å². The molecule has 10 heteroatoms. The second kappa shape index (κ2) is 28.6. The third kappa shape index (κ3) is 63.8. The van der Waals surface area contributed by atoms with Crippen LogP contribution in [0.1, 0.15) is 67.7 Å². The van der Waals surface area contributed by atoms with Gasteiger partial charge < -0.3 is 28.3 Å². The molecule has 0 spiro atoms. The SMILES string of the molecule is CC(=N)N.CC1=NCCCN1.CCCCN=C(C)N.CCN=C(C)N.CN=C(C)N. The molecule has 0 atom stereocenters. The lowest BCUT2D eigenvalue weighted by molar-refractivity contribution is 0.739. The van der Waals surface area contributed by atoms with E-state index in [-0.39, 0.29) is 5.84 Å². The van der Waals surface area contributed by atoms with E-state index in [1.54, 1.807) is 20.9 Å². The largest absolute Gasteiger partial charge is 0.388 e. The Hall–Kier alpha value is -2.65. The van der Waals surface area contributed by atoms with Crippen LogP contribution in [0.3, 0.4) is 0 Å². The fourth-order valence-corrected chi connectivity index (χ4v) is 1.31. The molecule has 0 radical (unpaired) electrons. The van der Waals surface area contributed by atoms with Gasteiger partial charge in [-0.3, -0.25) is 25.4 Å². The summed E-state index contributed by atoms with van der Waals surface area (Å²) >= 11 is 0. The zero-order valence-corrected chi connectivity index (χ0v) is 20.5. The summed E-state index contributed by atoms with van der Waals surface area (Å²) < 4.78 is 0. The van der Waals surface area contributed by atoms with Crippen LogP contribution in [0.4, 0.5) is 0 Å². The molecule has 0 aromatic rings. The molecule has 10 nitrogen and oxygen atoms in total. The standard InChI is InChI=1S/C6H14N2.C5H10N2.C4H10N2.C3H8N2.C2H6N2/c1-3-4-5-8-6(2)7;1-5-6-3-2-4-7-5;1-3-6-4(2)5;1-3(4)5-2;1-2(3)4/h3-5H2,1-2H3,(H2,7,8);2-4H2,1H3,(H,6,7);3H2,1-2H3,(H2,5,6);1-2H3,(H2,4,5);1H3,(H3,3,4). The maximum absolute atomic E-state index is 6.28. The highest BCUT2D eigenvalue weighted by atomic mass is 15.0. The van der Waals surface area contributed by atoms with Gasteiger partial charge in [0, 0.05) is 33.2 Å². The zero-order chi connectivity index (χ0) is 24.4. The number of unbranched alkanes of at least 4 members (excludes halogenated alkanes) is 1. The number of aliphatic imine (C=N–C) groups is 4. The molecule has 1 aliphatic heterocycles. The van der Waals surface area contributed by atoms with Crippen molar-refractivity contribution in [3.8, 4) is 0 Å². The van der Waals surface area contributed by atoms with Crippen LogP contribution >= 0.6 is 0 Å². The van der Waals surface area contributed by atoms with Crippen LogP contribution in [0.15, 0.2) is 20.0 Å². The van der Waals surface area contributed by atoms with Crippen LogP contribution in [0.2, 0.25) is 0 Å². The van der Waals surface area contributed by atoms with Crippen LogP contribution in [-0.2, 0) is 0 Å². The molecule has 0 amide bonds. The molecule has 0 aliphatic carbocycles. The Morgan fingerprint density at radius 1 is 1.00 bits per heavy atom. The van der Waals surface area contributed by atoms with Crippen LogP contribution in [0.5, 0.6) is 0 Å². The van der Waals surface area contributed by atoms with Crippen LogP contribution in [0.25, 0.3) is 0 Å². The molecule has 0 saturated carbocycles. The molecule has 0 aromatic heterocycles. The van der Waals surface area contributed by atoms with Crippen molar-refractivity contribution in [2.75, 3.05) is 33.2 Å². The fraction of sp³-hybridized carbons (Fsp3) is 0.750. The first-order chi connectivity index (χ1) is 13.9. The Morgan fingerprint density at radius 2 is 1.47 bits per heavy atom. The second-order valence-corrected chi connectivity index (χ2v) is 6.29. The molecule has 10 N–H and O–H groups in total. The Kier molecular flexibility index (Phi) is 33.2. The van der Waals surface area contributed by atoms with Gasteiger partial charge in [0.25, 0.3) is 0 Å². The van der Waals surface area contributed by atoms with Crippen molar-refractivity contribution in [1.29, 1.82) is 5.41 Å². The first kappa shape index (κ1) is 34.8. The number of nitrogens with zero attached hydrogens (tertiary/aromatic N) is 4. The summed E-state index contributed by atoms with van der Waals surface area (Å²) in [5.74, 6) is 3.24. The van der Waals surface area contributed by atoms with Gasteiger partial charge in [0.2, 0.25) is 0 Å². The molecule has 1 aliphatic rings. The first-order valence-electron chi connectivity index (χ1n) is 10.2. The second-order valence-electron chi connectivity index (χ2n) is 6.29. The van der Waals surface area contributed by atoms with Gasteiger partial charge in [0.05, 0.1) is 29.2 Å². The minimum atomic E-state index is 0.167. The van der Waals surface area contributed by atoms with Crippen molar-refractivity contribution in [1.82, 2.24) is 5.32 Å². The Bertz CT molecular complexity index is 492. The van der Waals surface area contributed by atoms with Crippen molar-refractivity contribution in [3.05, 3.63) is 0 Å². The summed E-state index contributed by atoms with van der Waals surface area (Å²) in [6.07, 6.45) is 3.53. The van der Waals surface area contributed by atoms with Crippen LogP contribution in [-0.4, -0.2) is 62.4 Å². The van der Waals surface area contributed by atoms with E-state index in [0.29, 0.717) is 17.5 Å². The number of hydrogen-bond donors (Lipinski definition) is 6. The summed E-state index contributed by atoms with van der Waals surface area (Å²) in [5.41, 5.74) is 20.2. The number of rotatable bonds is 4. The van der Waals surface area contributed by atoms with Crippen LogP contribution < -0.4 is 28.3 Å². The lowest BCUT2D eigenvalue weighted by Gasteiger charge is -2.08. The monoisotopic (exact) mass is 428 g/mol. The highest BCUT2D eigenvalue weighted by molar-refractivity contribution is 5.79. The Labute approximate surface area is 184 Å². The minimum absolute atomic E-state index is 0.167. The lowest BCUT2D eigenvalue weighted by Crippen LogP contribution is -2.26. The maximum Gasteiger partial charge on any atom is 0.0931 e. The molecule has 1 heterocycles. The third-order valence-electron chi connectivity index (χ3n) is 2.70. The summed E-state index contributed by atoms with van der Waals surface area (Å²) in [6, 6.07) is 0. The Balaban J connectivity index is -0.000000144. The van der Waals surface area contributed by atoms with E-state index < -0.39 is 0 Å². The molecule has 0 bridgehead atoms. The van der Waals surface area contributed by atoms with E-state index in [9.17, 15) is 0 Å². The fourth-order valence-electron chi connectivity index (χ4n) is 1.31. The molecule has 0 saturated heterocycles. The number of hydrogen-bond acceptors (Lipinski definition) is 6. The third-order valence-corrected chi connectivity index (χ3v) is 2.70. The smallest absolute Gasteiger partial charge is 0.0931 e. The average Bonchev–Trinajstić information content (AvgIpc) is 2.63. The predicted molar refractivity (Wildman–Crippen MR) is 136 cm³/mol. The molecule has 1 rings (SSSR count). The van der Waals surface area contributed by atoms with Gasteiger partial charge in [-0.05, 0) is 54.4 Å². The van der Waals surface area contributed by atoms with E-state index in [4.69, 9.17) is 28.3 Å².